The van der Waals surface area contributed by atoms with Gasteiger partial charge < -0.3 is 14.1 Å². The zero-order valence-electron chi connectivity index (χ0n) is 17.4. The third-order valence-electron chi connectivity index (χ3n) is 5.25. The van der Waals surface area contributed by atoms with Gasteiger partial charge in [-0.15, -0.1) is 10.2 Å². The highest BCUT2D eigenvalue weighted by Crippen LogP contribution is 2.31. The van der Waals surface area contributed by atoms with Crippen LogP contribution >= 0.6 is 0 Å². The average Bonchev–Trinajstić information content (AvgIpc) is 3.36. The van der Waals surface area contributed by atoms with E-state index in [9.17, 15) is 22.4 Å². The molecule has 1 saturated heterocycles. The highest BCUT2D eigenvalue weighted by molar-refractivity contribution is 7.90. The van der Waals surface area contributed by atoms with Crippen LogP contribution in [-0.4, -0.2) is 54.4 Å². The van der Waals surface area contributed by atoms with Crippen LogP contribution in [0.4, 0.5) is 9.18 Å². The molecule has 3 amide bonds. The Hall–Kier alpha value is -3.02. The molecule has 0 spiro atoms. The van der Waals surface area contributed by atoms with Crippen molar-refractivity contribution in [3.63, 3.8) is 0 Å². The van der Waals surface area contributed by atoms with E-state index >= 15 is 0 Å². The maximum absolute atomic E-state index is 14.0. The molecular formula is C20H23FN4O6S. The number of urea groups is 1. The van der Waals surface area contributed by atoms with Crippen LogP contribution < -0.4 is 10.1 Å². The van der Waals surface area contributed by atoms with E-state index in [2.05, 4.69) is 15.5 Å². The molecule has 1 aliphatic carbocycles. The van der Waals surface area contributed by atoms with Gasteiger partial charge in [0, 0.05) is 0 Å². The molecule has 1 aromatic heterocycles. The molecule has 10 nitrogen and oxygen atoms in total. The topological polar surface area (TPSA) is 132 Å². The van der Waals surface area contributed by atoms with Crippen molar-refractivity contribution in [1.29, 1.82) is 0 Å². The van der Waals surface area contributed by atoms with Gasteiger partial charge in [0.25, 0.3) is 0 Å². The number of benzene rings is 1. The molecule has 0 unspecified atom stereocenters. The van der Waals surface area contributed by atoms with Crippen molar-refractivity contribution in [1.82, 2.24) is 20.4 Å². The van der Waals surface area contributed by atoms with E-state index < -0.39 is 39.3 Å². The van der Waals surface area contributed by atoms with Gasteiger partial charge in [0.05, 0.1) is 12.4 Å². The third kappa shape index (κ3) is 5.61. The zero-order chi connectivity index (χ0) is 22.9. The predicted octanol–water partition coefficient (Wildman–Crippen LogP) is 1.77. The maximum Gasteiger partial charge on any atom is 0.325 e. The summed E-state index contributed by atoms with van der Waals surface area (Å²) in [6, 6.07) is 3.80. The molecule has 4 rings (SSSR count). The Kier molecular flexibility index (Phi) is 6.13. The molecule has 0 radical (unpaired) electrons. The first-order valence-electron chi connectivity index (χ1n) is 10.2. The molecule has 2 heterocycles. The molecule has 1 aromatic carbocycles. The Balaban J connectivity index is 1.36. The number of nitrogens with one attached hydrogen (secondary N) is 1. The molecule has 32 heavy (non-hydrogen) atoms. The number of carbonyl (C=O) groups excluding carboxylic acids is 2. The highest BCUT2D eigenvalue weighted by atomic mass is 32.2. The number of amides is 3. The van der Waals surface area contributed by atoms with Gasteiger partial charge in [-0.2, -0.15) is 0 Å². The van der Waals surface area contributed by atoms with E-state index in [-0.39, 0.29) is 36.4 Å². The van der Waals surface area contributed by atoms with Crippen LogP contribution in [0.25, 0.3) is 0 Å². The van der Waals surface area contributed by atoms with Gasteiger partial charge in [-0.05, 0) is 42.4 Å². The summed E-state index contributed by atoms with van der Waals surface area (Å²) in [5, 5.41) is 9.60. The summed E-state index contributed by atoms with van der Waals surface area (Å²) in [6.07, 6.45) is 2.16. The number of halogens is 1. The number of carbonyl (C=O) groups is 2. The van der Waals surface area contributed by atoms with Crippen molar-refractivity contribution in [2.75, 3.05) is 18.9 Å². The van der Waals surface area contributed by atoms with E-state index in [1.807, 2.05) is 0 Å². The van der Waals surface area contributed by atoms with E-state index in [1.54, 1.807) is 19.1 Å². The highest BCUT2D eigenvalue weighted by Gasteiger charge is 2.29. The second-order valence-electron chi connectivity index (χ2n) is 8.20. The minimum atomic E-state index is -3.63. The lowest BCUT2D eigenvalue weighted by atomic mass is 10.0. The smallest absolute Gasteiger partial charge is 0.325 e. The van der Waals surface area contributed by atoms with Crippen molar-refractivity contribution in [3.8, 4) is 5.75 Å². The molecule has 1 N–H and O–H groups in total. The van der Waals surface area contributed by atoms with Gasteiger partial charge in [0.2, 0.25) is 17.7 Å². The van der Waals surface area contributed by atoms with E-state index in [0.29, 0.717) is 18.1 Å². The Bertz CT molecular complexity index is 1130. The second-order valence-corrected chi connectivity index (χ2v) is 10.3. The second kappa shape index (κ2) is 8.85. The van der Waals surface area contributed by atoms with Crippen LogP contribution in [0.3, 0.4) is 0 Å². The standard InChI is InChI=1S/C20H23FN4O6S/c1-12(14-4-5-15(21)16(6-14)30-9-13-2-3-13)10-32(28,29)11-19-24-23-18(31-19)8-25-7-17(26)22-20(25)27/h4-6,12-13H,2-3,7-11H2,1H3,(H,22,26,27)/t12-/m0/s1. The third-order valence-corrected chi connectivity index (χ3v) is 6.94. The molecule has 2 aliphatic rings. The van der Waals surface area contributed by atoms with Crippen LogP contribution in [0.1, 0.15) is 43.0 Å². The first-order chi connectivity index (χ1) is 15.2. The van der Waals surface area contributed by atoms with Crippen LogP contribution in [0.15, 0.2) is 22.6 Å². The summed E-state index contributed by atoms with van der Waals surface area (Å²) < 4.78 is 50.2. The number of hydrogen-bond donors (Lipinski definition) is 1. The molecule has 1 atom stereocenters. The predicted molar refractivity (Wildman–Crippen MR) is 109 cm³/mol. The molecule has 0 bridgehead atoms. The van der Waals surface area contributed by atoms with Gasteiger partial charge in [0.15, 0.2) is 21.4 Å². The molecule has 172 valence electrons. The number of rotatable bonds is 10. The van der Waals surface area contributed by atoms with Crippen molar-refractivity contribution < 1.29 is 31.6 Å². The van der Waals surface area contributed by atoms with Crippen LogP contribution in [-0.2, 0) is 26.9 Å². The number of nitrogens with zero attached hydrogens (tertiary/aromatic N) is 3. The monoisotopic (exact) mass is 466 g/mol. The zero-order valence-corrected chi connectivity index (χ0v) is 18.2. The number of imide groups is 1. The van der Waals surface area contributed by atoms with E-state index in [4.69, 9.17) is 9.15 Å². The van der Waals surface area contributed by atoms with E-state index in [0.717, 1.165) is 12.8 Å². The lowest BCUT2D eigenvalue weighted by Crippen LogP contribution is -2.27. The lowest BCUT2D eigenvalue weighted by molar-refractivity contribution is -0.118. The van der Waals surface area contributed by atoms with Crippen molar-refractivity contribution in [2.45, 2.75) is 38.0 Å². The summed E-state index contributed by atoms with van der Waals surface area (Å²) in [5.74, 6) is -1.48. The maximum atomic E-state index is 14.0. The number of hydrogen-bond acceptors (Lipinski definition) is 8. The van der Waals surface area contributed by atoms with Gasteiger partial charge in [-0.1, -0.05) is 13.0 Å². The number of sulfone groups is 1. The molecule has 2 aromatic rings. The van der Waals surface area contributed by atoms with Crippen LogP contribution in [0.5, 0.6) is 5.75 Å². The molecule has 1 saturated carbocycles. The molecule has 2 fully saturated rings. The summed E-state index contributed by atoms with van der Waals surface area (Å²) in [4.78, 5) is 24.0. The quantitative estimate of drug-likeness (QED) is 0.524. The minimum absolute atomic E-state index is 0.0316. The fourth-order valence-electron chi connectivity index (χ4n) is 3.34. The Morgan fingerprint density at radius 3 is 2.72 bits per heavy atom. The fourth-order valence-corrected chi connectivity index (χ4v) is 4.90. The van der Waals surface area contributed by atoms with E-state index in [1.165, 1.54) is 11.0 Å². The molecule has 1 aliphatic heterocycles. The van der Waals surface area contributed by atoms with Crippen molar-refractivity contribution >= 4 is 21.8 Å². The Labute approximate surface area is 184 Å². The van der Waals surface area contributed by atoms with Crippen molar-refractivity contribution in [2.24, 2.45) is 5.92 Å². The SMILES string of the molecule is C[C@@H](CS(=O)(=O)Cc1nnc(CN2CC(=O)NC2=O)o1)c1ccc(F)c(OCC2CC2)c1. The Morgan fingerprint density at radius 2 is 2.03 bits per heavy atom. The Morgan fingerprint density at radius 1 is 1.28 bits per heavy atom. The first-order valence-corrected chi connectivity index (χ1v) is 12.0. The number of aromatic nitrogens is 2. The average molecular weight is 466 g/mol. The van der Waals surface area contributed by atoms with Crippen LogP contribution in [0, 0.1) is 11.7 Å². The van der Waals surface area contributed by atoms with Gasteiger partial charge in [-0.25, -0.2) is 17.6 Å². The van der Waals surface area contributed by atoms with Gasteiger partial charge >= 0.3 is 6.03 Å². The summed E-state index contributed by atoms with van der Waals surface area (Å²) in [5.41, 5.74) is 0.650. The minimum Gasteiger partial charge on any atom is -0.490 e. The molecular weight excluding hydrogens is 443 g/mol. The van der Waals surface area contributed by atoms with Gasteiger partial charge in [-0.3, -0.25) is 10.1 Å². The normalized spacial score (nSPS) is 17.5. The first kappa shape index (κ1) is 22.2. The van der Waals surface area contributed by atoms with Crippen molar-refractivity contribution in [3.05, 3.63) is 41.4 Å². The largest absolute Gasteiger partial charge is 0.490 e. The van der Waals surface area contributed by atoms with Crippen LogP contribution in [0.2, 0.25) is 0 Å². The lowest BCUT2D eigenvalue weighted by Gasteiger charge is -2.14. The summed E-state index contributed by atoms with van der Waals surface area (Å²) >= 11 is 0. The summed E-state index contributed by atoms with van der Waals surface area (Å²) in [7, 11) is -3.63. The van der Waals surface area contributed by atoms with Gasteiger partial charge in [0.1, 0.15) is 18.8 Å². The fraction of sp³-hybridized carbons (Fsp3) is 0.500. The number of ether oxygens (including phenoxy) is 1. The molecule has 12 heteroatoms. The summed E-state index contributed by atoms with van der Waals surface area (Å²) in [6.45, 7) is 1.97.